The Balaban J connectivity index is 3.01. The van der Waals surface area contributed by atoms with Gasteiger partial charge in [0.25, 0.3) is 0 Å². The summed E-state index contributed by atoms with van der Waals surface area (Å²) in [5.41, 5.74) is 2.82. The second-order valence-corrected chi connectivity index (χ2v) is 4.79. The summed E-state index contributed by atoms with van der Waals surface area (Å²) >= 11 is 3.49. The summed E-state index contributed by atoms with van der Waals surface area (Å²) in [4.78, 5) is 0. The second-order valence-electron chi connectivity index (χ2n) is 4.23. The van der Waals surface area contributed by atoms with E-state index >= 15 is 0 Å². The molecule has 0 spiro atoms. The molecular weight excluding hydrogens is 216 g/mol. The highest BCUT2D eigenvalue weighted by atomic mass is 79.9. The molecule has 2 heteroatoms. The lowest BCUT2D eigenvalue weighted by molar-refractivity contribution is 0.161. The largest absolute Gasteiger partial charge is 0.389 e. The molecule has 0 aromatic carbocycles. The van der Waals surface area contributed by atoms with Crippen LogP contribution in [-0.2, 0) is 0 Å². The first kappa shape index (κ1) is 10.3. The number of allylic oxidation sites excluding steroid dienone is 1. The van der Waals surface area contributed by atoms with Gasteiger partial charge >= 0.3 is 0 Å². The summed E-state index contributed by atoms with van der Waals surface area (Å²) in [6, 6.07) is 0. The molecule has 0 saturated carbocycles. The van der Waals surface area contributed by atoms with Crippen LogP contribution in [0.3, 0.4) is 0 Å². The summed E-state index contributed by atoms with van der Waals surface area (Å²) in [6.07, 6.45) is 1.80. The van der Waals surface area contributed by atoms with Crippen LogP contribution in [0.1, 0.15) is 33.6 Å². The third kappa shape index (κ3) is 1.74. The molecular formula is C10H17BrO. The third-order valence-corrected chi connectivity index (χ3v) is 3.53. The molecule has 0 unspecified atom stereocenters. The Bertz CT molecular complexity index is 206. The predicted octanol–water partition coefficient (Wildman–Crippen LogP) is 2.88. The van der Waals surface area contributed by atoms with E-state index in [0.717, 1.165) is 18.2 Å². The molecule has 70 valence electrons. The summed E-state index contributed by atoms with van der Waals surface area (Å²) in [6.45, 7) is 6.54. The topological polar surface area (TPSA) is 20.2 Å². The van der Waals surface area contributed by atoms with Gasteiger partial charge in [-0.05, 0) is 30.8 Å². The van der Waals surface area contributed by atoms with Crippen LogP contribution < -0.4 is 0 Å². The zero-order valence-corrected chi connectivity index (χ0v) is 9.61. The Kier molecular flexibility index (Phi) is 3.00. The SMILES string of the molecule is CC1=C(CBr)C(C)(C)CC[C@@H]1O. The van der Waals surface area contributed by atoms with Crippen molar-refractivity contribution in [2.75, 3.05) is 5.33 Å². The lowest BCUT2D eigenvalue weighted by Crippen LogP contribution is -2.28. The number of alkyl halides is 1. The van der Waals surface area contributed by atoms with Crippen molar-refractivity contribution < 1.29 is 5.11 Å². The fourth-order valence-corrected chi connectivity index (χ4v) is 3.09. The molecule has 1 aliphatic carbocycles. The number of hydrogen-bond acceptors (Lipinski definition) is 1. The van der Waals surface area contributed by atoms with E-state index in [4.69, 9.17) is 0 Å². The molecule has 0 saturated heterocycles. The Morgan fingerprint density at radius 2 is 2.17 bits per heavy atom. The fourth-order valence-electron chi connectivity index (χ4n) is 1.89. The first-order valence-electron chi connectivity index (χ1n) is 4.43. The molecule has 0 aliphatic heterocycles. The second kappa shape index (κ2) is 3.51. The van der Waals surface area contributed by atoms with Gasteiger partial charge in [-0.3, -0.25) is 0 Å². The van der Waals surface area contributed by atoms with Gasteiger partial charge in [0.1, 0.15) is 0 Å². The van der Waals surface area contributed by atoms with Crippen LogP contribution in [0.5, 0.6) is 0 Å². The highest BCUT2D eigenvalue weighted by Gasteiger charge is 2.31. The van der Waals surface area contributed by atoms with Crippen molar-refractivity contribution in [2.45, 2.75) is 39.7 Å². The van der Waals surface area contributed by atoms with E-state index in [1.165, 1.54) is 11.1 Å². The van der Waals surface area contributed by atoms with Crippen LogP contribution in [-0.4, -0.2) is 16.5 Å². The average Bonchev–Trinajstić information content (AvgIpc) is 1.99. The lowest BCUT2D eigenvalue weighted by atomic mass is 9.72. The van der Waals surface area contributed by atoms with E-state index < -0.39 is 0 Å². The highest BCUT2D eigenvalue weighted by molar-refractivity contribution is 9.09. The minimum Gasteiger partial charge on any atom is -0.389 e. The van der Waals surface area contributed by atoms with Gasteiger partial charge in [-0.2, -0.15) is 0 Å². The number of halogens is 1. The van der Waals surface area contributed by atoms with Crippen LogP contribution >= 0.6 is 15.9 Å². The average molecular weight is 233 g/mol. The summed E-state index contributed by atoms with van der Waals surface area (Å²) in [7, 11) is 0. The highest BCUT2D eigenvalue weighted by Crippen LogP contribution is 2.40. The Labute approximate surface area is 83.0 Å². The van der Waals surface area contributed by atoms with Gasteiger partial charge in [0.15, 0.2) is 0 Å². The normalized spacial score (nSPS) is 29.2. The van der Waals surface area contributed by atoms with Crippen molar-refractivity contribution in [3.63, 3.8) is 0 Å². The van der Waals surface area contributed by atoms with Gasteiger partial charge < -0.3 is 5.11 Å². The van der Waals surface area contributed by atoms with Crippen LogP contribution in [0.4, 0.5) is 0 Å². The molecule has 0 fully saturated rings. The van der Waals surface area contributed by atoms with E-state index in [-0.39, 0.29) is 11.5 Å². The number of aliphatic hydroxyl groups excluding tert-OH is 1. The van der Waals surface area contributed by atoms with Crippen molar-refractivity contribution in [2.24, 2.45) is 5.41 Å². The molecule has 12 heavy (non-hydrogen) atoms. The predicted molar refractivity (Wildman–Crippen MR) is 55.5 cm³/mol. The molecule has 0 amide bonds. The van der Waals surface area contributed by atoms with Gasteiger partial charge in [-0.25, -0.2) is 0 Å². The molecule has 0 heterocycles. The van der Waals surface area contributed by atoms with Gasteiger partial charge in [-0.15, -0.1) is 0 Å². The van der Waals surface area contributed by atoms with E-state index in [1.807, 2.05) is 6.92 Å². The standard InChI is InChI=1S/C10H17BrO/c1-7-8(6-11)10(2,3)5-4-9(7)12/h9,12H,4-6H2,1-3H3/t9-/m0/s1. The zero-order chi connectivity index (χ0) is 9.35. The monoisotopic (exact) mass is 232 g/mol. The van der Waals surface area contributed by atoms with Crippen LogP contribution in [0.15, 0.2) is 11.1 Å². The van der Waals surface area contributed by atoms with Gasteiger partial charge in [0, 0.05) is 5.33 Å². The maximum absolute atomic E-state index is 9.63. The van der Waals surface area contributed by atoms with Crippen molar-refractivity contribution in [1.29, 1.82) is 0 Å². The molecule has 0 bridgehead atoms. The smallest absolute Gasteiger partial charge is 0.0750 e. The van der Waals surface area contributed by atoms with Gasteiger partial charge in [-0.1, -0.05) is 35.4 Å². The Hall–Kier alpha value is 0.180. The molecule has 1 N–H and O–H groups in total. The number of hydrogen-bond donors (Lipinski definition) is 1. The molecule has 1 nitrogen and oxygen atoms in total. The quantitative estimate of drug-likeness (QED) is 0.545. The van der Waals surface area contributed by atoms with Gasteiger partial charge in [0.2, 0.25) is 0 Å². The molecule has 0 aromatic rings. The van der Waals surface area contributed by atoms with Crippen LogP contribution in [0, 0.1) is 5.41 Å². The van der Waals surface area contributed by atoms with Crippen molar-refractivity contribution in [3.8, 4) is 0 Å². The first-order valence-corrected chi connectivity index (χ1v) is 5.55. The lowest BCUT2D eigenvalue weighted by Gasteiger charge is -2.36. The Morgan fingerprint density at radius 1 is 1.58 bits per heavy atom. The Morgan fingerprint density at radius 3 is 2.58 bits per heavy atom. The van der Waals surface area contributed by atoms with E-state index in [1.54, 1.807) is 0 Å². The van der Waals surface area contributed by atoms with E-state index in [9.17, 15) is 5.11 Å². The first-order chi connectivity index (χ1) is 5.49. The van der Waals surface area contributed by atoms with Crippen molar-refractivity contribution >= 4 is 15.9 Å². The minimum absolute atomic E-state index is 0.203. The maximum Gasteiger partial charge on any atom is 0.0750 e. The molecule has 0 aromatic heterocycles. The molecule has 0 radical (unpaired) electrons. The summed E-state index contributed by atoms with van der Waals surface area (Å²) in [5.74, 6) is 0. The van der Waals surface area contributed by atoms with Crippen LogP contribution in [0.2, 0.25) is 0 Å². The molecule has 1 atom stereocenters. The summed E-state index contributed by atoms with van der Waals surface area (Å²) in [5, 5.41) is 10.5. The van der Waals surface area contributed by atoms with Crippen molar-refractivity contribution in [1.82, 2.24) is 0 Å². The number of rotatable bonds is 1. The van der Waals surface area contributed by atoms with E-state index in [2.05, 4.69) is 29.8 Å². The maximum atomic E-state index is 9.63. The number of aliphatic hydroxyl groups is 1. The molecule has 1 aliphatic rings. The fraction of sp³-hybridized carbons (Fsp3) is 0.800. The van der Waals surface area contributed by atoms with Crippen molar-refractivity contribution in [3.05, 3.63) is 11.1 Å². The van der Waals surface area contributed by atoms with Crippen LogP contribution in [0.25, 0.3) is 0 Å². The summed E-state index contributed by atoms with van der Waals surface area (Å²) < 4.78 is 0. The zero-order valence-electron chi connectivity index (χ0n) is 8.02. The van der Waals surface area contributed by atoms with E-state index in [0.29, 0.717) is 0 Å². The molecule has 1 rings (SSSR count). The third-order valence-electron chi connectivity index (χ3n) is 2.97. The van der Waals surface area contributed by atoms with Gasteiger partial charge in [0.05, 0.1) is 6.10 Å². The minimum atomic E-state index is -0.203.